The molecular formula is C25H27NO9. The molecule has 0 saturated carbocycles. The predicted molar refractivity (Wildman–Crippen MR) is 122 cm³/mol. The molecule has 3 N–H and O–H groups in total. The average molecular weight is 485 g/mol. The summed E-state index contributed by atoms with van der Waals surface area (Å²) in [6.07, 6.45) is -1.99. The number of rotatable bonds is 7. The Morgan fingerprint density at radius 3 is 1.40 bits per heavy atom. The Kier molecular flexibility index (Phi) is 8.93. The van der Waals surface area contributed by atoms with Crippen LogP contribution in [0.25, 0.3) is 0 Å². The van der Waals surface area contributed by atoms with Gasteiger partial charge in [0.2, 0.25) is 12.2 Å². The number of carboxylic acids is 2. The number of benzene rings is 2. The summed E-state index contributed by atoms with van der Waals surface area (Å²) in [6.45, 7) is 3.38. The van der Waals surface area contributed by atoms with Gasteiger partial charge in [-0.05, 0) is 56.1 Å². The molecule has 0 aliphatic carbocycles. The molecule has 35 heavy (non-hydrogen) atoms. The van der Waals surface area contributed by atoms with E-state index in [4.69, 9.17) is 9.47 Å². The highest BCUT2D eigenvalue weighted by Crippen LogP contribution is 2.26. The summed E-state index contributed by atoms with van der Waals surface area (Å²) < 4.78 is 9.52. The van der Waals surface area contributed by atoms with Gasteiger partial charge in [-0.15, -0.1) is 0 Å². The largest absolute Gasteiger partial charge is 0.478 e. The van der Waals surface area contributed by atoms with Gasteiger partial charge in [0.15, 0.2) is 0 Å². The summed E-state index contributed by atoms with van der Waals surface area (Å²) in [5.41, 5.74) is 0.0505. The van der Waals surface area contributed by atoms with E-state index in [0.29, 0.717) is 5.92 Å². The Balaban J connectivity index is 0.000000313. The van der Waals surface area contributed by atoms with Crippen molar-refractivity contribution in [3.05, 3.63) is 71.8 Å². The summed E-state index contributed by atoms with van der Waals surface area (Å²) >= 11 is 0. The van der Waals surface area contributed by atoms with Gasteiger partial charge in [-0.25, -0.2) is 19.2 Å². The maximum atomic E-state index is 12.0. The number of piperidine rings is 3. The van der Waals surface area contributed by atoms with Crippen molar-refractivity contribution in [1.29, 1.82) is 0 Å². The number of hydrogen-bond donors (Lipinski definition) is 3. The van der Waals surface area contributed by atoms with Crippen molar-refractivity contribution in [2.24, 2.45) is 5.92 Å². The minimum absolute atomic E-state index is 0.00694. The first kappa shape index (κ1) is 25.9. The van der Waals surface area contributed by atoms with Crippen LogP contribution in [0.4, 0.5) is 0 Å². The molecule has 3 aliphatic heterocycles. The van der Waals surface area contributed by atoms with Gasteiger partial charge < -0.3 is 29.7 Å². The van der Waals surface area contributed by atoms with Gasteiger partial charge in [0.05, 0.1) is 17.2 Å². The molecule has 0 unspecified atom stereocenters. The van der Waals surface area contributed by atoms with Crippen LogP contribution in [0.2, 0.25) is 0 Å². The zero-order valence-corrected chi connectivity index (χ0v) is 18.9. The topological polar surface area (TPSA) is 151 Å². The van der Waals surface area contributed by atoms with E-state index in [1.54, 1.807) is 12.1 Å². The van der Waals surface area contributed by atoms with E-state index in [1.807, 2.05) is 0 Å². The second kappa shape index (κ2) is 12.1. The van der Waals surface area contributed by atoms with E-state index < -0.39 is 36.1 Å². The third kappa shape index (κ3) is 7.11. The fourth-order valence-electron chi connectivity index (χ4n) is 3.93. The number of fused-ring (bicyclic) bond motifs is 3. The van der Waals surface area contributed by atoms with E-state index in [1.165, 1.54) is 74.5 Å². The second-order valence-corrected chi connectivity index (χ2v) is 8.27. The lowest BCUT2D eigenvalue weighted by atomic mass is 9.86. The van der Waals surface area contributed by atoms with E-state index in [2.05, 4.69) is 4.90 Å². The molecule has 3 aliphatic rings. The SMILES string of the molecule is O=C(O[C@H](C(=O)O)[C@H](OC(=O)c1ccccc1)C(=O)O)c1ccccc1.O[C@H]1CN2CCC1CC2. The number of aliphatic hydroxyl groups excluding tert-OH is 1. The van der Waals surface area contributed by atoms with Crippen molar-refractivity contribution < 1.29 is 44.0 Å². The number of carbonyl (C=O) groups excluding carboxylic acids is 2. The van der Waals surface area contributed by atoms with Gasteiger partial charge in [0, 0.05) is 6.54 Å². The van der Waals surface area contributed by atoms with Crippen LogP contribution >= 0.6 is 0 Å². The first-order valence-electron chi connectivity index (χ1n) is 11.1. The average Bonchev–Trinajstić information content (AvgIpc) is 2.87. The van der Waals surface area contributed by atoms with Gasteiger partial charge in [-0.1, -0.05) is 36.4 Å². The third-order valence-electron chi connectivity index (χ3n) is 5.87. The Labute approximate surface area is 201 Å². The minimum atomic E-state index is -2.21. The van der Waals surface area contributed by atoms with Crippen molar-refractivity contribution >= 4 is 23.9 Å². The van der Waals surface area contributed by atoms with E-state index in [0.717, 1.165) is 6.54 Å². The zero-order valence-electron chi connectivity index (χ0n) is 18.9. The summed E-state index contributed by atoms with van der Waals surface area (Å²) in [5.74, 6) is -5.00. The maximum Gasteiger partial charge on any atom is 0.349 e. The number of carboxylic acid groups (broad SMARTS) is 2. The minimum Gasteiger partial charge on any atom is -0.478 e. The van der Waals surface area contributed by atoms with Crippen molar-refractivity contribution in [2.75, 3.05) is 19.6 Å². The van der Waals surface area contributed by atoms with Crippen LogP contribution in [0, 0.1) is 5.92 Å². The molecule has 3 fully saturated rings. The Morgan fingerprint density at radius 1 is 0.743 bits per heavy atom. The quantitative estimate of drug-likeness (QED) is 0.494. The normalized spacial score (nSPS) is 22.0. The molecule has 3 atom stereocenters. The molecule has 10 heteroatoms. The highest BCUT2D eigenvalue weighted by atomic mass is 16.6. The molecule has 2 bridgehead atoms. The first-order chi connectivity index (χ1) is 16.8. The van der Waals surface area contributed by atoms with Crippen molar-refractivity contribution in [3.63, 3.8) is 0 Å². The van der Waals surface area contributed by atoms with Crippen LogP contribution in [0.3, 0.4) is 0 Å². The molecule has 0 amide bonds. The van der Waals surface area contributed by atoms with Crippen LogP contribution in [0.1, 0.15) is 33.6 Å². The van der Waals surface area contributed by atoms with Crippen LogP contribution < -0.4 is 0 Å². The number of ether oxygens (including phenoxy) is 2. The van der Waals surface area contributed by atoms with Crippen molar-refractivity contribution in [2.45, 2.75) is 31.2 Å². The monoisotopic (exact) mass is 485 g/mol. The zero-order chi connectivity index (χ0) is 25.4. The standard InChI is InChI=1S/C18H14O8.C7H13NO/c19-15(20)13(25-17(23)11-7-3-1-4-8-11)14(16(21)22)26-18(24)12-9-5-2-6-10-12;9-7-5-8-3-1-6(7)2-4-8/h1-10,13-14H,(H,19,20)(H,21,22);6-7,9H,1-5H2/t13-,14-;7-/m00/s1. The number of aliphatic carboxylic acids is 2. The maximum absolute atomic E-state index is 12.0. The summed E-state index contributed by atoms with van der Waals surface area (Å²) in [4.78, 5) is 49.2. The van der Waals surface area contributed by atoms with Crippen LogP contribution in [0.15, 0.2) is 60.7 Å². The molecule has 0 radical (unpaired) electrons. The van der Waals surface area contributed by atoms with Gasteiger partial charge in [-0.2, -0.15) is 0 Å². The number of hydrogen-bond acceptors (Lipinski definition) is 8. The van der Waals surface area contributed by atoms with Gasteiger partial charge in [0.1, 0.15) is 0 Å². The Hall–Kier alpha value is -3.76. The Morgan fingerprint density at radius 2 is 1.14 bits per heavy atom. The van der Waals surface area contributed by atoms with Crippen molar-refractivity contribution in [3.8, 4) is 0 Å². The predicted octanol–water partition coefficient (Wildman–Crippen LogP) is 1.68. The highest BCUT2D eigenvalue weighted by molar-refractivity contribution is 5.95. The molecule has 186 valence electrons. The number of carbonyl (C=O) groups is 4. The van der Waals surface area contributed by atoms with Crippen LogP contribution in [-0.2, 0) is 19.1 Å². The number of nitrogens with zero attached hydrogens (tertiary/aromatic N) is 1. The fourth-order valence-corrected chi connectivity index (χ4v) is 3.93. The van der Waals surface area contributed by atoms with E-state index >= 15 is 0 Å². The fraction of sp³-hybridized carbons (Fsp3) is 0.360. The molecule has 2 aromatic rings. The Bertz CT molecular complexity index is 950. The molecule has 3 heterocycles. The molecule has 2 aromatic carbocycles. The smallest absolute Gasteiger partial charge is 0.349 e. The van der Waals surface area contributed by atoms with Crippen molar-refractivity contribution in [1.82, 2.24) is 4.90 Å². The lowest BCUT2D eigenvalue weighted by Crippen LogP contribution is -2.50. The molecular weight excluding hydrogens is 458 g/mol. The van der Waals surface area contributed by atoms with Crippen LogP contribution in [-0.4, -0.2) is 82.0 Å². The van der Waals surface area contributed by atoms with E-state index in [-0.39, 0.29) is 17.2 Å². The third-order valence-corrected chi connectivity index (χ3v) is 5.87. The highest BCUT2D eigenvalue weighted by Gasteiger charge is 2.41. The van der Waals surface area contributed by atoms with Gasteiger partial charge >= 0.3 is 23.9 Å². The van der Waals surface area contributed by atoms with Crippen LogP contribution in [0.5, 0.6) is 0 Å². The second-order valence-electron chi connectivity index (χ2n) is 8.27. The number of aliphatic hydroxyl groups is 1. The lowest BCUT2D eigenvalue weighted by molar-refractivity contribution is -0.166. The summed E-state index contributed by atoms with van der Waals surface area (Å²) in [5, 5.41) is 27.8. The lowest BCUT2D eigenvalue weighted by Gasteiger charge is -2.42. The summed E-state index contributed by atoms with van der Waals surface area (Å²) in [7, 11) is 0. The molecule has 0 spiro atoms. The molecule has 3 saturated heterocycles. The molecule has 10 nitrogen and oxygen atoms in total. The summed E-state index contributed by atoms with van der Waals surface area (Å²) in [6, 6.07) is 14.8. The first-order valence-corrected chi connectivity index (χ1v) is 11.1. The molecule has 0 aromatic heterocycles. The van der Waals surface area contributed by atoms with Gasteiger partial charge in [0.25, 0.3) is 0 Å². The van der Waals surface area contributed by atoms with Gasteiger partial charge in [-0.3, -0.25) is 0 Å². The van der Waals surface area contributed by atoms with E-state index in [9.17, 15) is 34.5 Å². The molecule has 5 rings (SSSR count). The number of esters is 2.